The Balaban J connectivity index is 1.79. The number of thiazole rings is 1. The van der Waals surface area contributed by atoms with Crippen LogP contribution in [0.2, 0.25) is 0 Å². The maximum absolute atomic E-state index is 12.6. The number of carbonyl (C=O) groups is 1. The van der Waals surface area contributed by atoms with Crippen LogP contribution in [0.15, 0.2) is 23.4 Å². The van der Waals surface area contributed by atoms with Gasteiger partial charge in [-0.3, -0.25) is 10.1 Å². The van der Waals surface area contributed by atoms with Crippen molar-refractivity contribution in [2.75, 3.05) is 18.9 Å². The SMILES string of the molecule is CN1CCc2nc(NC(=O)c3cccnc3SC(F)(F)F)sc2C1. The number of halogens is 3. The third-order valence-corrected chi connectivity index (χ3v) is 5.12. The maximum Gasteiger partial charge on any atom is 0.447 e. The van der Waals surface area contributed by atoms with Gasteiger partial charge >= 0.3 is 5.51 Å². The highest BCUT2D eigenvalue weighted by molar-refractivity contribution is 8.00. The third-order valence-electron chi connectivity index (χ3n) is 3.37. The van der Waals surface area contributed by atoms with E-state index in [0.717, 1.165) is 30.1 Å². The van der Waals surface area contributed by atoms with Gasteiger partial charge in [0.1, 0.15) is 5.03 Å². The molecule has 1 amide bonds. The molecule has 3 heterocycles. The summed E-state index contributed by atoms with van der Waals surface area (Å²) in [6, 6.07) is 2.74. The average Bonchev–Trinajstić information content (AvgIpc) is 2.87. The fourth-order valence-corrected chi connectivity index (χ4v) is 3.98. The summed E-state index contributed by atoms with van der Waals surface area (Å²) in [5.74, 6) is -0.644. The van der Waals surface area contributed by atoms with E-state index in [1.54, 1.807) is 0 Å². The van der Waals surface area contributed by atoms with Crippen molar-refractivity contribution in [3.05, 3.63) is 34.5 Å². The molecule has 128 valence electrons. The van der Waals surface area contributed by atoms with Crippen LogP contribution in [0.1, 0.15) is 20.9 Å². The van der Waals surface area contributed by atoms with Crippen LogP contribution in [-0.2, 0) is 13.0 Å². The van der Waals surface area contributed by atoms with Crippen molar-refractivity contribution in [3.63, 3.8) is 0 Å². The molecule has 2 aromatic rings. The highest BCUT2D eigenvalue weighted by Crippen LogP contribution is 2.37. The lowest BCUT2D eigenvalue weighted by molar-refractivity contribution is -0.0329. The number of rotatable bonds is 3. The Morgan fingerprint density at radius 2 is 2.25 bits per heavy atom. The first-order valence-electron chi connectivity index (χ1n) is 7.01. The lowest BCUT2D eigenvalue weighted by atomic mass is 10.2. The molecule has 5 nitrogen and oxygen atoms in total. The molecule has 0 saturated heterocycles. The van der Waals surface area contributed by atoms with Crippen molar-refractivity contribution in [1.82, 2.24) is 14.9 Å². The molecule has 24 heavy (non-hydrogen) atoms. The van der Waals surface area contributed by atoms with E-state index >= 15 is 0 Å². The van der Waals surface area contributed by atoms with Crippen LogP contribution < -0.4 is 5.32 Å². The third kappa shape index (κ3) is 4.05. The molecule has 3 rings (SSSR count). The number of hydrogen-bond acceptors (Lipinski definition) is 6. The molecule has 1 N–H and O–H groups in total. The number of thioether (sulfide) groups is 1. The maximum atomic E-state index is 12.6. The largest absolute Gasteiger partial charge is 0.447 e. The minimum atomic E-state index is -4.51. The van der Waals surface area contributed by atoms with Gasteiger partial charge in [-0.25, -0.2) is 9.97 Å². The van der Waals surface area contributed by atoms with E-state index in [2.05, 4.69) is 20.2 Å². The molecule has 0 atom stereocenters. The van der Waals surface area contributed by atoms with Crippen LogP contribution in [0.4, 0.5) is 18.3 Å². The zero-order valence-electron chi connectivity index (χ0n) is 12.6. The van der Waals surface area contributed by atoms with Crippen LogP contribution in [0.25, 0.3) is 0 Å². The Kier molecular flexibility index (Phi) is 4.79. The van der Waals surface area contributed by atoms with Gasteiger partial charge in [0.25, 0.3) is 5.91 Å². The lowest BCUT2D eigenvalue weighted by Crippen LogP contribution is -2.25. The molecule has 0 saturated carbocycles. The van der Waals surface area contributed by atoms with Crippen molar-refractivity contribution >= 4 is 34.1 Å². The summed E-state index contributed by atoms with van der Waals surface area (Å²) in [6.07, 6.45) is 2.02. The zero-order chi connectivity index (χ0) is 17.3. The second-order valence-electron chi connectivity index (χ2n) is 5.23. The van der Waals surface area contributed by atoms with Crippen molar-refractivity contribution < 1.29 is 18.0 Å². The van der Waals surface area contributed by atoms with Gasteiger partial charge in [0, 0.05) is 42.3 Å². The summed E-state index contributed by atoms with van der Waals surface area (Å²) in [7, 11) is 2.00. The van der Waals surface area contributed by atoms with Crippen LogP contribution >= 0.6 is 23.1 Å². The zero-order valence-corrected chi connectivity index (χ0v) is 14.2. The molecule has 0 spiro atoms. The first-order chi connectivity index (χ1) is 11.3. The quantitative estimate of drug-likeness (QED) is 0.835. The van der Waals surface area contributed by atoms with Gasteiger partial charge < -0.3 is 4.90 Å². The first kappa shape index (κ1) is 17.2. The Labute approximate surface area is 144 Å². The second-order valence-corrected chi connectivity index (χ2v) is 7.37. The van der Waals surface area contributed by atoms with Crippen LogP contribution in [0, 0.1) is 0 Å². The molecule has 10 heteroatoms. The minimum Gasteiger partial charge on any atom is -0.301 e. The monoisotopic (exact) mass is 374 g/mol. The van der Waals surface area contributed by atoms with Gasteiger partial charge in [-0.15, -0.1) is 11.3 Å². The van der Waals surface area contributed by atoms with Gasteiger partial charge in [0.15, 0.2) is 5.13 Å². The molecular formula is C14H13F3N4OS2. The number of pyridine rings is 1. The Hall–Kier alpha value is -1.65. The highest BCUT2D eigenvalue weighted by Gasteiger charge is 2.32. The Bertz CT molecular complexity index is 763. The van der Waals surface area contributed by atoms with Crippen LogP contribution in [0.3, 0.4) is 0 Å². The van der Waals surface area contributed by atoms with Crippen LogP contribution in [0.5, 0.6) is 0 Å². The Morgan fingerprint density at radius 1 is 1.46 bits per heavy atom. The average molecular weight is 374 g/mol. The van der Waals surface area contributed by atoms with Gasteiger partial charge in [0.2, 0.25) is 0 Å². The van der Waals surface area contributed by atoms with E-state index in [4.69, 9.17) is 0 Å². The Morgan fingerprint density at radius 3 is 3.00 bits per heavy atom. The summed E-state index contributed by atoms with van der Waals surface area (Å²) >= 11 is 0.945. The predicted molar refractivity (Wildman–Crippen MR) is 86.3 cm³/mol. The highest BCUT2D eigenvalue weighted by atomic mass is 32.2. The number of nitrogens with one attached hydrogen (secondary N) is 1. The van der Waals surface area contributed by atoms with Crippen LogP contribution in [-0.4, -0.2) is 39.9 Å². The van der Waals surface area contributed by atoms with E-state index in [1.807, 2.05) is 7.05 Å². The number of alkyl halides is 3. The fraction of sp³-hybridized carbons (Fsp3) is 0.357. The number of fused-ring (bicyclic) bond motifs is 1. The minimum absolute atomic E-state index is 0.120. The molecule has 2 aromatic heterocycles. The predicted octanol–water partition coefficient (Wildman–Crippen LogP) is 3.39. The number of amides is 1. The smallest absolute Gasteiger partial charge is 0.301 e. The molecule has 1 aliphatic heterocycles. The van der Waals surface area contributed by atoms with Gasteiger partial charge in [-0.05, 0) is 19.2 Å². The summed E-state index contributed by atoms with van der Waals surface area (Å²) in [5.41, 5.74) is -3.69. The van der Waals surface area contributed by atoms with Crippen molar-refractivity contribution in [3.8, 4) is 0 Å². The number of likely N-dealkylation sites (N-methyl/N-ethyl adjacent to an activating group) is 1. The van der Waals surface area contributed by atoms with Crippen molar-refractivity contribution in [2.24, 2.45) is 0 Å². The number of aromatic nitrogens is 2. The molecule has 1 aliphatic rings. The van der Waals surface area contributed by atoms with Crippen molar-refractivity contribution in [1.29, 1.82) is 0 Å². The molecule has 0 radical (unpaired) electrons. The number of nitrogens with zero attached hydrogens (tertiary/aromatic N) is 3. The van der Waals surface area contributed by atoms with E-state index in [-0.39, 0.29) is 10.6 Å². The number of hydrogen-bond donors (Lipinski definition) is 1. The van der Waals surface area contributed by atoms with E-state index in [1.165, 1.54) is 29.7 Å². The molecule has 0 bridgehead atoms. The van der Waals surface area contributed by atoms with Gasteiger partial charge in [0.05, 0.1) is 11.3 Å². The molecule has 0 aliphatic carbocycles. The molecule has 0 unspecified atom stereocenters. The standard InChI is InChI=1S/C14H13F3N4OS2/c1-21-6-4-9-10(7-21)23-13(19-9)20-11(22)8-3-2-5-18-12(8)24-14(15,16)17/h2-3,5H,4,6-7H2,1H3,(H,19,20,22). The van der Waals surface area contributed by atoms with Gasteiger partial charge in [-0.2, -0.15) is 13.2 Å². The van der Waals surface area contributed by atoms with E-state index in [9.17, 15) is 18.0 Å². The molecular weight excluding hydrogens is 361 g/mol. The second kappa shape index (κ2) is 6.69. The fourth-order valence-electron chi connectivity index (χ4n) is 2.30. The summed E-state index contributed by atoms with van der Waals surface area (Å²) in [4.78, 5) is 23.6. The van der Waals surface area contributed by atoms with Gasteiger partial charge in [-0.1, -0.05) is 0 Å². The number of anilines is 1. The lowest BCUT2D eigenvalue weighted by Gasteiger charge is -2.20. The van der Waals surface area contributed by atoms with E-state index in [0.29, 0.717) is 5.13 Å². The van der Waals surface area contributed by atoms with E-state index < -0.39 is 23.2 Å². The summed E-state index contributed by atoms with van der Waals surface area (Å²) < 4.78 is 37.7. The van der Waals surface area contributed by atoms with Crippen molar-refractivity contribution in [2.45, 2.75) is 23.5 Å². The topological polar surface area (TPSA) is 58.1 Å². The first-order valence-corrected chi connectivity index (χ1v) is 8.64. The molecule has 0 fully saturated rings. The normalized spacial score (nSPS) is 15.2. The number of carbonyl (C=O) groups excluding carboxylic acids is 1. The summed E-state index contributed by atoms with van der Waals surface area (Å²) in [5, 5.41) is 2.61. The summed E-state index contributed by atoms with van der Waals surface area (Å²) in [6.45, 7) is 1.64. The molecule has 0 aromatic carbocycles.